The lowest BCUT2D eigenvalue weighted by Gasteiger charge is -2.16. The number of para-hydroxylation sites is 1. The fourth-order valence-corrected chi connectivity index (χ4v) is 4.21. The average Bonchev–Trinajstić information content (AvgIpc) is 3.45. The van der Waals surface area contributed by atoms with E-state index in [0.717, 1.165) is 53.0 Å². The van der Waals surface area contributed by atoms with Crippen LogP contribution in [-0.2, 0) is 6.61 Å². The van der Waals surface area contributed by atoms with E-state index in [-0.39, 0.29) is 0 Å². The number of ether oxygens (including phenoxy) is 1. The molecular formula is C27H26BrN7O. The van der Waals surface area contributed by atoms with Crippen molar-refractivity contribution in [3.63, 3.8) is 0 Å². The summed E-state index contributed by atoms with van der Waals surface area (Å²) >= 11 is 3.53. The molecule has 0 aliphatic carbocycles. The number of anilines is 4. The molecule has 3 aromatic carbocycles. The number of hydrogen-bond acceptors (Lipinski definition) is 8. The van der Waals surface area contributed by atoms with E-state index in [9.17, 15) is 0 Å². The summed E-state index contributed by atoms with van der Waals surface area (Å²) in [7, 11) is 0. The van der Waals surface area contributed by atoms with Gasteiger partial charge in [0.1, 0.15) is 12.4 Å². The van der Waals surface area contributed by atoms with Crippen molar-refractivity contribution in [2.45, 2.75) is 19.4 Å². The highest BCUT2D eigenvalue weighted by Gasteiger charge is 2.17. The van der Waals surface area contributed by atoms with Crippen molar-refractivity contribution in [3.8, 4) is 5.75 Å². The lowest BCUT2D eigenvalue weighted by Crippen LogP contribution is -2.21. The molecule has 0 unspecified atom stereocenters. The molecule has 0 radical (unpaired) electrons. The predicted octanol–water partition coefficient (Wildman–Crippen LogP) is 6.00. The molecule has 182 valence electrons. The fraction of sp³-hybridized carbons (Fsp3) is 0.185. The van der Waals surface area contributed by atoms with Crippen molar-refractivity contribution in [3.05, 3.63) is 94.5 Å². The van der Waals surface area contributed by atoms with Gasteiger partial charge in [0.15, 0.2) is 0 Å². The Bertz CT molecular complexity index is 1310. The maximum Gasteiger partial charge on any atom is 0.250 e. The van der Waals surface area contributed by atoms with Crippen molar-refractivity contribution in [2.24, 2.45) is 5.10 Å². The van der Waals surface area contributed by atoms with E-state index >= 15 is 0 Å². The standard InChI is InChI=1S/C27H26BrN7O/c28-22-13-14-24(36-19-20-9-3-1-4-10-20)21(17-22)18-29-34-26-31-25(30-23-11-5-2-6-12-23)32-27(33-26)35-15-7-8-16-35/h1-6,9-14,17-18H,7-8,15-16,19H2,(H2,30,31,32,33,34)/b29-18+. The van der Waals surface area contributed by atoms with E-state index in [1.54, 1.807) is 6.21 Å². The zero-order valence-electron chi connectivity index (χ0n) is 19.6. The van der Waals surface area contributed by atoms with Gasteiger partial charge in [-0.25, -0.2) is 5.43 Å². The van der Waals surface area contributed by atoms with Crippen LogP contribution in [0.2, 0.25) is 0 Å². The monoisotopic (exact) mass is 543 g/mol. The minimum absolute atomic E-state index is 0.364. The van der Waals surface area contributed by atoms with Crippen LogP contribution in [0.1, 0.15) is 24.0 Å². The third-order valence-electron chi connectivity index (χ3n) is 5.62. The van der Waals surface area contributed by atoms with Crippen molar-refractivity contribution in [1.82, 2.24) is 15.0 Å². The Morgan fingerprint density at radius 2 is 1.61 bits per heavy atom. The zero-order chi connectivity index (χ0) is 24.6. The van der Waals surface area contributed by atoms with Gasteiger partial charge in [-0.05, 0) is 48.7 Å². The topological polar surface area (TPSA) is 87.6 Å². The Hall–Kier alpha value is -3.98. The van der Waals surface area contributed by atoms with Crippen LogP contribution in [-0.4, -0.2) is 34.3 Å². The number of benzene rings is 3. The second kappa shape index (κ2) is 11.6. The SMILES string of the molecule is Brc1ccc(OCc2ccccc2)c(/C=N/Nc2nc(Nc3ccccc3)nc(N3CCCC3)n2)c1. The first kappa shape index (κ1) is 23.7. The molecule has 1 aliphatic rings. The predicted molar refractivity (Wildman–Crippen MR) is 147 cm³/mol. The molecule has 2 N–H and O–H groups in total. The summed E-state index contributed by atoms with van der Waals surface area (Å²) in [6, 6.07) is 25.7. The Labute approximate surface area is 218 Å². The number of hydrogen-bond donors (Lipinski definition) is 2. The van der Waals surface area contributed by atoms with Gasteiger partial charge in [0.25, 0.3) is 0 Å². The largest absolute Gasteiger partial charge is 0.488 e. The van der Waals surface area contributed by atoms with Crippen LogP contribution in [0.5, 0.6) is 5.75 Å². The second-order valence-corrected chi connectivity index (χ2v) is 9.21. The van der Waals surface area contributed by atoms with Crippen molar-refractivity contribution in [2.75, 3.05) is 28.7 Å². The Morgan fingerprint density at radius 3 is 2.39 bits per heavy atom. The number of nitrogens with one attached hydrogen (secondary N) is 2. The van der Waals surface area contributed by atoms with Crippen LogP contribution < -0.4 is 20.4 Å². The maximum atomic E-state index is 6.06. The zero-order valence-corrected chi connectivity index (χ0v) is 21.2. The van der Waals surface area contributed by atoms with Gasteiger partial charge in [-0.1, -0.05) is 64.5 Å². The third-order valence-corrected chi connectivity index (χ3v) is 6.11. The summed E-state index contributed by atoms with van der Waals surface area (Å²) in [6.45, 7) is 2.33. The molecule has 9 heteroatoms. The first-order valence-electron chi connectivity index (χ1n) is 11.8. The van der Waals surface area contributed by atoms with E-state index < -0.39 is 0 Å². The lowest BCUT2D eigenvalue weighted by molar-refractivity contribution is 0.306. The fourth-order valence-electron chi connectivity index (χ4n) is 3.83. The molecular weight excluding hydrogens is 518 g/mol. The van der Waals surface area contributed by atoms with Gasteiger partial charge in [0.05, 0.1) is 6.21 Å². The smallest absolute Gasteiger partial charge is 0.250 e. The molecule has 0 spiro atoms. The summed E-state index contributed by atoms with van der Waals surface area (Å²) in [6.07, 6.45) is 3.96. The summed E-state index contributed by atoms with van der Waals surface area (Å²) in [5.74, 6) is 2.19. The Balaban J connectivity index is 1.34. The van der Waals surface area contributed by atoms with Crippen LogP contribution in [0.25, 0.3) is 0 Å². The van der Waals surface area contributed by atoms with Crippen LogP contribution in [0.4, 0.5) is 23.5 Å². The quantitative estimate of drug-likeness (QED) is 0.197. The molecule has 8 nitrogen and oxygen atoms in total. The van der Waals surface area contributed by atoms with E-state index in [1.807, 2.05) is 78.9 Å². The minimum atomic E-state index is 0.364. The summed E-state index contributed by atoms with van der Waals surface area (Å²) in [5, 5.41) is 7.67. The van der Waals surface area contributed by atoms with Gasteiger partial charge in [-0.15, -0.1) is 0 Å². The van der Waals surface area contributed by atoms with Gasteiger partial charge in [-0.2, -0.15) is 20.1 Å². The van der Waals surface area contributed by atoms with Gasteiger partial charge in [0, 0.05) is 28.8 Å². The normalized spacial score (nSPS) is 13.2. The van der Waals surface area contributed by atoms with Gasteiger partial charge >= 0.3 is 0 Å². The van der Waals surface area contributed by atoms with E-state index in [4.69, 9.17) is 4.74 Å². The molecule has 1 aromatic heterocycles. The molecule has 1 aliphatic heterocycles. The number of nitrogens with zero attached hydrogens (tertiary/aromatic N) is 5. The van der Waals surface area contributed by atoms with Crippen molar-refractivity contribution >= 4 is 45.7 Å². The van der Waals surface area contributed by atoms with Crippen LogP contribution in [0, 0.1) is 0 Å². The number of hydrazone groups is 1. The summed E-state index contributed by atoms with van der Waals surface area (Å²) in [5.41, 5.74) is 5.80. The summed E-state index contributed by atoms with van der Waals surface area (Å²) < 4.78 is 6.99. The second-order valence-electron chi connectivity index (χ2n) is 8.29. The molecule has 0 amide bonds. The van der Waals surface area contributed by atoms with Crippen LogP contribution in [0.15, 0.2) is 88.4 Å². The van der Waals surface area contributed by atoms with E-state index in [2.05, 4.69) is 51.6 Å². The van der Waals surface area contributed by atoms with Gasteiger partial charge in [0.2, 0.25) is 17.8 Å². The lowest BCUT2D eigenvalue weighted by atomic mass is 10.2. The highest BCUT2D eigenvalue weighted by molar-refractivity contribution is 9.10. The molecule has 0 bridgehead atoms. The van der Waals surface area contributed by atoms with Gasteiger partial charge in [-0.3, -0.25) is 0 Å². The summed E-state index contributed by atoms with van der Waals surface area (Å²) in [4.78, 5) is 15.9. The average molecular weight is 544 g/mol. The molecule has 0 atom stereocenters. The molecule has 36 heavy (non-hydrogen) atoms. The van der Waals surface area contributed by atoms with Crippen molar-refractivity contribution < 1.29 is 4.74 Å². The van der Waals surface area contributed by atoms with Crippen LogP contribution >= 0.6 is 15.9 Å². The molecule has 4 aromatic rings. The number of aromatic nitrogens is 3. The van der Waals surface area contributed by atoms with Crippen LogP contribution in [0.3, 0.4) is 0 Å². The maximum absolute atomic E-state index is 6.06. The highest BCUT2D eigenvalue weighted by atomic mass is 79.9. The first-order valence-corrected chi connectivity index (χ1v) is 12.6. The van der Waals surface area contributed by atoms with E-state index in [0.29, 0.717) is 24.5 Å². The molecule has 2 heterocycles. The van der Waals surface area contributed by atoms with Crippen molar-refractivity contribution in [1.29, 1.82) is 0 Å². The molecule has 0 saturated carbocycles. The Kier molecular flexibility index (Phi) is 7.67. The van der Waals surface area contributed by atoms with E-state index in [1.165, 1.54) is 0 Å². The first-order chi connectivity index (χ1) is 17.7. The number of halogens is 1. The minimum Gasteiger partial charge on any atom is -0.488 e. The van der Waals surface area contributed by atoms with Gasteiger partial charge < -0.3 is 15.0 Å². The Morgan fingerprint density at radius 1 is 0.889 bits per heavy atom. The molecule has 1 saturated heterocycles. The molecule has 1 fully saturated rings. The molecule has 5 rings (SSSR count). The number of rotatable bonds is 9. The highest BCUT2D eigenvalue weighted by Crippen LogP contribution is 2.24. The third kappa shape index (κ3) is 6.37.